The van der Waals surface area contributed by atoms with E-state index in [0.29, 0.717) is 35.6 Å². The van der Waals surface area contributed by atoms with E-state index in [1.165, 1.54) is 5.56 Å². The molecule has 3 aromatic rings. The number of fused-ring (bicyclic) bond motifs is 1. The van der Waals surface area contributed by atoms with Gasteiger partial charge in [0.25, 0.3) is 0 Å². The van der Waals surface area contributed by atoms with Gasteiger partial charge in [-0.2, -0.15) is 0 Å². The first-order chi connectivity index (χ1) is 14.4. The van der Waals surface area contributed by atoms with E-state index in [0.717, 1.165) is 28.7 Å². The molecule has 0 bridgehead atoms. The Labute approximate surface area is 180 Å². The minimum atomic E-state index is -0.923. The van der Waals surface area contributed by atoms with Crippen molar-refractivity contribution in [3.8, 4) is 5.75 Å². The van der Waals surface area contributed by atoms with E-state index >= 15 is 0 Å². The normalized spacial score (nSPS) is 12.0. The fourth-order valence-electron chi connectivity index (χ4n) is 3.38. The van der Waals surface area contributed by atoms with Crippen LogP contribution in [0.2, 0.25) is 0 Å². The number of ketones is 1. The second kappa shape index (κ2) is 9.85. The van der Waals surface area contributed by atoms with Crippen LogP contribution in [-0.2, 0) is 10.8 Å². The van der Waals surface area contributed by atoms with E-state index in [1.54, 1.807) is 12.5 Å². The average molecular weight is 425 g/mol. The standard InChI is InChI=1S/C24H28N2O3S/c1-5-7-21(27)19-15-25-24-18(8-6-9-22(24)29-12-13-30(4)28)23(19)26-20-11-10-16(2)14-17(20)3/h6,8-11,14-15H,5,7,12-13H2,1-4H3,(H,25,26). The maximum Gasteiger partial charge on any atom is 0.166 e. The maximum atomic E-state index is 12.8. The Morgan fingerprint density at radius 1 is 1.20 bits per heavy atom. The third-order valence-corrected chi connectivity index (χ3v) is 5.65. The number of carbonyl (C=O) groups is 1. The molecule has 30 heavy (non-hydrogen) atoms. The summed E-state index contributed by atoms with van der Waals surface area (Å²) >= 11 is 0. The van der Waals surface area contributed by atoms with E-state index in [-0.39, 0.29) is 5.78 Å². The smallest absolute Gasteiger partial charge is 0.166 e. The van der Waals surface area contributed by atoms with Crippen LogP contribution >= 0.6 is 0 Å². The number of ether oxygens (including phenoxy) is 1. The highest BCUT2D eigenvalue weighted by Gasteiger charge is 2.18. The van der Waals surface area contributed by atoms with E-state index in [1.807, 2.05) is 44.2 Å². The number of aryl methyl sites for hydroxylation is 2. The van der Waals surface area contributed by atoms with Crippen molar-refractivity contribution in [2.45, 2.75) is 33.6 Å². The van der Waals surface area contributed by atoms with Crippen molar-refractivity contribution in [1.29, 1.82) is 0 Å². The molecule has 0 fully saturated rings. The highest BCUT2D eigenvalue weighted by molar-refractivity contribution is 7.84. The lowest BCUT2D eigenvalue weighted by molar-refractivity contribution is 0.0982. The van der Waals surface area contributed by atoms with Gasteiger partial charge in [-0.25, -0.2) is 0 Å². The SMILES string of the molecule is CCCC(=O)c1cnc2c(OCCS(C)=O)cccc2c1Nc1ccc(C)cc1C. The molecule has 3 rings (SSSR count). The molecule has 0 saturated carbocycles. The van der Waals surface area contributed by atoms with Gasteiger partial charge in [0, 0.05) is 40.7 Å². The van der Waals surface area contributed by atoms with Gasteiger partial charge in [0.2, 0.25) is 0 Å². The third-order valence-electron chi connectivity index (χ3n) is 4.91. The number of anilines is 2. The Morgan fingerprint density at radius 2 is 2.00 bits per heavy atom. The minimum Gasteiger partial charge on any atom is -0.490 e. The molecule has 1 aromatic heterocycles. The second-order valence-electron chi connectivity index (χ2n) is 7.44. The molecular weight excluding hydrogens is 396 g/mol. The van der Waals surface area contributed by atoms with Crippen LogP contribution < -0.4 is 10.1 Å². The quantitative estimate of drug-likeness (QED) is 0.470. The van der Waals surface area contributed by atoms with Crippen molar-refractivity contribution in [2.75, 3.05) is 23.9 Å². The number of aromatic nitrogens is 1. The van der Waals surface area contributed by atoms with Gasteiger partial charge >= 0.3 is 0 Å². The Morgan fingerprint density at radius 3 is 2.70 bits per heavy atom. The summed E-state index contributed by atoms with van der Waals surface area (Å²) in [6.07, 6.45) is 4.53. The van der Waals surface area contributed by atoms with Gasteiger partial charge in [-0.3, -0.25) is 14.0 Å². The molecule has 1 N–H and O–H groups in total. The summed E-state index contributed by atoms with van der Waals surface area (Å²) < 4.78 is 17.2. The lowest BCUT2D eigenvalue weighted by atomic mass is 10.0. The van der Waals surface area contributed by atoms with Crippen LogP contribution in [0, 0.1) is 13.8 Å². The Bertz CT molecular complexity index is 1100. The molecule has 1 heterocycles. The summed E-state index contributed by atoms with van der Waals surface area (Å²) in [5, 5.41) is 4.31. The Balaban J connectivity index is 2.10. The van der Waals surface area contributed by atoms with Crippen LogP contribution in [-0.4, -0.2) is 33.6 Å². The molecule has 0 radical (unpaired) electrons. The summed E-state index contributed by atoms with van der Waals surface area (Å²) in [5.74, 6) is 1.14. The van der Waals surface area contributed by atoms with E-state index in [2.05, 4.69) is 23.3 Å². The Hall–Kier alpha value is -2.73. The second-order valence-corrected chi connectivity index (χ2v) is 9.00. The number of carbonyl (C=O) groups excluding carboxylic acids is 1. The molecular formula is C24H28N2O3S. The molecule has 0 amide bonds. The summed E-state index contributed by atoms with van der Waals surface area (Å²) in [5.41, 5.74) is 5.24. The van der Waals surface area contributed by atoms with Crippen LogP contribution in [0.3, 0.4) is 0 Å². The van der Waals surface area contributed by atoms with Crippen molar-refractivity contribution < 1.29 is 13.7 Å². The lowest BCUT2D eigenvalue weighted by Gasteiger charge is -2.17. The third kappa shape index (κ3) is 5.05. The number of Topliss-reactive ketones (excluding diaryl/α,β-unsaturated/α-hetero) is 1. The number of nitrogens with zero attached hydrogens (tertiary/aromatic N) is 1. The van der Waals surface area contributed by atoms with Gasteiger partial charge in [-0.05, 0) is 38.0 Å². The monoisotopic (exact) mass is 424 g/mol. The highest BCUT2D eigenvalue weighted by Crippen LogP contribution is 2.35. The number of rotatable bonds is 9. The summed E-state index contributed by atoms with van der Waals surface area (Å²) in [6, 6.07) is 11.9. The number of benzene rings is 2. The van der Waals surface area contributed by atoms with Crippen LogP contribution in [0.15, 0.2) is 42.6 Å². The van der Waals surface area contributed by atoms with Crippen molar-refractivity contribution in [3.05, 3.63) is 59.3 Å². The van der Waals surface area contributed by atoms with Crippen LogP contribution in [0.5, 0.6) is 5.75 Å². The average Bonchev–Trinajstić information content (AvgIpc) is 2.70. The first kappa shape index (κ1) is 22.0. The van der Waals surface area contributed by atoms with Crippen LogP contribution in [0.1, 0.15) is 41.3 Å². The number of hydrogen-bond donors (Lipinski definition) is 1. The van der Waals surface area contributed by atoms with Crippen molar-refractivity contribution in [1.82, 2.24) is 4.98 Å². The number of hydrogen-bond acceptors (Lipinski definition) is 5. The van der Waals surface area contributed by atoms with Crippen LogP contribution in [0.25, 0.3) is 10.9 Å². The van der Waals surface area contributed by atoms with Gasteiger partial charge in [0.15, 0.2) is 5.78 Å². The minimum absolute atomic E-state index is 0.0619. The highest BCUT2D eigenvalue weighted by atomic mass is 32.2. The number of para-hydroxylation sites is 1. The van der Waals surface area contributed by atoms with Crippen molar-refractivity contribution in [2.24, 2.45) is 0 Å². The molecule has 1 unspecified atom stereocenters. The van der Waals surface area contributed by atoms with Gasteiger partial charge in [-0.1, -0.05) is 36.8 Å². The maximum absolute atomic E-state index is 12.8. The lowest BCUT2D eigenvalue weighted by Crippen LogP contribution is -2.09. The van der Waals surface area contributed by atoms with Gasteiger partial charge in [-0.15, -0.1) is 0 Å². The van der Waals surface area contributed by atoms with Gasteiger partial charge in [0.1, 0.15) is 11.3 Å². The number of pyridine rings is 1. The van der Waals surface area contributed by atoms with Crippen molar-refractivity contribution in [3.63, 3.8) is 0 Å². The first-order valence-electron chi connectivity index (χ1n) is 10.1. The van der Waals surface area contributed by atoms with E-state index < -0.39 is 10.8 Å². The summed E-state index contributed by atoms with van der Waals surface area (Å²) in [4.78, 5) is 17.4. The molecule has 0 aliphatic rings. The van der Waals surface area contributed by atoms with Crippen molar-refractivity contribution >= 4 is 38.9 Å². The number of nitrogens with one attached hydrogen (secondary N) is 1. The zero-order valence-electron chi connectivity index (χ0n) is 18.0. The van der Waals surface area contributed by atoms with Gasteiger partial charge < -0.3 is 10.1 Å². The predicted molar refractivity (Wildman–Crippen MR) is 125 cm³/mol. The topological polar surface area (TPSA) is 68.3 Å². The van der Waals surface area contributed by atoms with Crippen LogP contribution in [0.4, 0.5) is 11.4 Å². The van der Waals surface area contributed by atoms with E-state index in [9.17, 15) is 9.00 Å². The zero-order chi connectivity index (χ0) is 21.7. The molecule has 0 aliphatic heterocycles. The predicted octanol–water partition coefficient (Wildman–Crippen LogP) is 5.34. The summed E-state index contributed by atoms with van der Waals surface area (Å²) in [6.45, 7) is 6.45. The fourth-order valence-corrected chi connectivity index (χ4v) is 3.70. The van der Waals surface area contributed by atoms with Gasteiger partial charge in [0.05, 0.1) is 23.6 Å². The molecule has 2 aromatic carbocycles. The molecule has 0 aliphatic carbocycles. The molecule has 1 atom stereocenters. The zero-order valence-corrected chi connectivity index (χ0v) is 18.8. The largest absolute Gasteiger partial charge is 0.490 e. The molecule has 5 nitrogen and oxygen atoms in total. The molecule has 6 heteroatoms. The fraction of sp³-hybridized carbons (Fsp3) is 0.333. The molecule has 158 valence electrons. The van der Waals surface area contributed by atoms with E-state index in [4.69, 9.17) is 4.74 Å². The Kier molecular flexibility index (Phi) is 7.21. The molecule has 0 spiro atoms. The first-order valence-corrected chi connectivity index (χ1v) is 11.9. The summed E-state index contributed by atoms with van der Waals surface area (Å²) in [7, 11) is -0.923. The molecule has 0 saturated heterocycles.